The lowest BCUT2D eigenvalue weighted by Crippen LogP contribution is -2.57. The lowest BCUT2D eigenvalue weighted by Gasteiger charge is -2.43. The lowest BCUT2D eigenvalue weighted by atomic mass is 9.77. The van der Waals surface area contributed by atoms with Gasteiger partial charge >= 0.3 is 5.92 Å². The summed E-state index contributed by atoms with van der Waals surface area (Å²) in [5.74, 6) is -4.72. The Labute approximate surface area is 315 Å². The van der Waals surface area contributed by atoms with Gasteiger partial charge in [-0.1, -0.05) is 54.6 Å². The highest BCUT2D eigenvalue weighted by Gasteiger charge is 2.61. The van der Waals surface area contributed by atoms with Gasteiger partial charge in [-0.2, -0.15) is 14.0 Å². The van der Waals surface area contributed by atoms with Gasteiger partial charge in [0.25, 0.3) is 11.9 Å². The van der Waals surface area contributed by atoms with Crippen molar-refractivity contribution < 1.29 is 36.9 Å². The molecule has 0 radical (unpaired) electrons. The summed E-state index contributed by atoms with van der Waals surface area (Å²) >= 11 is 0. The Kier molecular flexibility index (Phi) is 11.0. The zero-order valence-corrected chi connectivity index (χ0v) is 30.4. The normalized spacial score (nSPS) is 16.2. The molecular formula is C41H37F3N6O5. The lowest BCUT2D eigenvalue weighted by molar-refractivity contribution is -0.132. The van der Waals surface area contributed by atoms with Crippen molar-refractivity contribution in [2.45, 2.75) is 30.3 Å². The van der Waals surface area contributed by atoms with Crippen LogP contribution in [0.3, 0.4) is 0 Å². The SMILES string of the molecule is COCC[C@]1(c2nc(NC(=O)c3ncc(C#N)cc3C)ccc2F)N=C(NC(c2ccccc2)(c2ccc(OC)cc2)c2ccc(OC)cc2)OCC1(F)F. The minimum absolute atomic E-state index is 0.0315. The van der Waals surface area contributed by atoms with Crippen molar-refractivity contribution in [2.24, 2.45) is 4.99 Å². The molecule has 5 aromatic rings. The third-order valence-electron chi connectivity index (χ3n) is 9.40. The third-order valence-corrected chi connectivity index (χ3v) is 9.40. The average Bonchev–Trinajstić information content (AvgIpc) is 3.21. The van der Waals surface area contributed by atoms with E-state index in [-0.39, 0.29) is 29.7 Å². The molecule has 6 rings (SSSR count). The molecule has 282 valence electrons. The van der Waals surface area contributed by atoms with Gasteiger partial charge in [0.2, 0.25) is 0 Å². The summed E-state index contributed by atoms with van der Waals surface area (Å²) in [5, 5.41) is 15.1. The highest BCUT2D eigenvalue weighted by atomic mass is 19.3. The zero-order chi connectivity index (χ0) is 39.2. The molecule has 1 aliphatic heterocycles. The predicted octanol–water partition coefficient (Wildman–Crippen LogP) is 6.90. The second-order valence-corrected chi connectivity index (χ2v) is 12.7. The Balaban J connectivity index is 1.52. The van der Waals surface area contributed by atoms with Crippen molar-refractivity contribution in [1.29, 1.82) is 5.26 Å². The van der Waals surface area contributed by atoms with Crippen LogP contribution in [0.15, 0.2) is 108 Å². The number of benzene rings is 3. The first-order chi connectivity index (χ1) is 26.5. The summed E-state index contributed by atoms with van der Waals surface area (Å²) in [6.07, 6.45) is 0.705. The number of hydrogen-bond donors (Lipinski definition) is 2. The highest BCUT2D eigenvalue weighted by molar-refractivity contribution is 6.03. The second kappa shape index (κ2) is 15.9. The summed E-state index contributed by atoms with van der Waals surface area (Å²) in [6.45, 7) is 0.120. The van der Waals surface area contributed by atoms with Gasteiger partial charge in [-0.05, 0) is 71.6 Å². The number of aryl methyl sites for hydroxylation is 1. The Morgan fingerprint density at radius 3 is 2.11 bits per heavy atom. The van der Waals surface area contributed by atoms with Gasteiger partial charge in [-0.3, -0.25) is 4.79 Å². The van der Waals surface area contributed by atoms with Crippen molar-refractivity contribution >= 4 is 17.7 Å². The number of aromatic nitrogens is 2. The molecule has 0 unspecified atom stereocenters. The summed E-state index contributed by atoms with van der Waals surface area (Å²) in [6, 6.07) is 28.9. The van der Waals surface area contributed by atoms with E-state index in [1.54, 1.807) is 45.4 Å². The number of anilines is 1. The van der Waals surface area contributed by atoms with E-state index >= 15 is 13.2 Å². The van der Waals surface area contributed by atoms with Crippen LogP contribution in [0.25, 0.3) is 0 Å². The van der Waals surface area contributed by atoms with E-state index in [1.165, 1.54) is 19.4 Å². The number of alkyl halides is 2. The van der Waals surface area contributed by atoms with E-state index in [1.807, 2.05) is 60.7 Å². The number of rotatable bonds is 12. The van der Waals surface area contributed by atoms with Gasteiger partial charge in [0.1, 0.15) is 46.1 Å². The number of amides is 1. The second-order valence-electron chi connectivity index (χ2n) is 12.7. The van der Waals surface area contributed by atoms with Crippen molar-refractivity contribution in [3.63, 3.8) is 0 Å². The average molecular weight is 751 g/mol. The summed E-state index contributed by atoms with van der Waals surface area (Å²) < 4.78 is 71.0. The minimum Gasteiger partial charge on any atom is -0.497 e. The molecule has 2 N–H and O–H groups in total. The Bertz CT molecular complexity index is 2180. The highest BCUT2D eigenvalue weighted by Crippen LogP contribution is 2.48. The van der Waals surface area contributed by atoms with Crippen LogP contribution in [-0.2, 0) is 20.6 Å². The first-order valence-electron chi connectivity index (χ1n) is 17.1. The van der Waals surface area contributed by atoms with E-state index in [4.69, 9.17) is 18.9 Å². The summed E-state index contributed by atoms with van der Waals surface area (Å²) in [4.78, 5) is 26.1. The van der Waals surface area contributed by atoms with Gasteiger partial charge < -0.3 is 29.6 Å². The molecule has 11 nitrogen and oxygen atoms in total. The number of aliphatic imine (C=N–C) groups is 1. The number of nitrogens with zero attached hydrogens (tertiary/aromatic N) is 4. The minimum atomic E-state index is -3.83. The fourth-order valence-corrected chi connectivity index (χ4v) is 6.56. The number of halogens is 3. The molecule has 0 fully saturated rings. The van der Waals surface area contributed by atoms with E-state index < -0.39 is 47.4 Å². The van der Waals surface area contributed by atoms with Crippen LogP contribution in [0.5, 0.6) is 11.5 Å². The molecule has 0 saturated heterocycles. The molecule has 1 aliphatic rings. The van der Waals surface area contributed by atoms with Crippen LogP contribution in [0.4, 0.5) is 19.0 Å². The van der Waals surface area contributed by atoms with E-state index in [0.717, 1.165) is 12.1 Å². The van der Waals surface area contributed by atoms with Gasteiger partial charge in [0.15, 0.2) is 12.1 Å². The van der Waals surface area contributed by atoms with Crippen LogP contribution in [0, 0.1) is 24.1 Å². The van der Waals surface area contributed by atoms with Crippen molar-refractivity contribution in [2.75, 3.05) is 39.9 Å². The molecule has 0 saturated carbocycles. The van der Waals surface area contributed by atoms with Crippen LogP contribution in [0.2, 0.25) is 0 Å². The van der Waals surface area contributed by atoms with E-state index in [2.05, 4.69) is 25.6 Å². The molecular weight excluding hydrogens is 713 g/mol. The maximum atomic E-state index is 16.6. The van der Waals surface area contributed by atoms with Crippen LogP contribution in [-0.4, -0.2) is 62.4 Å². The number of carbonyl (C=O) groups is 1. The Morgan fingerprint density at radius 1 is 0.927 bits per heavy atom. The Hall–Kier alpha value is -6.46. The largest absolute Gasteiger partial charge is 0.497 e. The molecule has 14 heteroatoms. The fraction of sp³-hybridized carbons (Fsp3) is 0.244. The van der Waals surface area contributed by atoms with Crippen LogP contribution < -0.4 is 20.1 Å². The standard InChI is InChI=1S/C41H37F3N6O5/c1-26-22-27(23-45)24-46-35(26)37(51)48-34-19-18-33(42)36(47-34)39(20-21-52-2)40(43,44)25-55-38(49-39)50-41(28-8-6-5-7-9-28,29-10-14-31(53-3)15-11-29)30-12-16-32(54-4)17-13-30/h5-19,22,24H,20-21,25H2,1-4H3,(H,49,50)(H,47,48,51)/t39-/m1/s1. The predicted molar refractivity (Wildman–Crippen MR) is 198 cm³/mol. The topological polar surface area (TPSA) is 140 Å². The number of methoxy groups -OCH3 is 3. The molecule has 3 heterocycles. The van der Waals surface area contributed by atoms with Crippen molar-refractivity contribution in [3.05, 3.63) is 148 Å². The molecule has 3 aromatic carbocycles. The van der Waals surface area contributed by atoms with E-state index in [0.29, 0.717) is 33.8 Å². The first-order valence-corrected chi connectivity index (χ1v) is 17.1. The molecule has 1 atom stereocenters. The summed E-state index contributed by atoms with van der Waals surface area (Å²) in [5.41, 5.74) is -2.12. The molecule has 2 aromatic heterocycles. The first kappa shape index (κ1) is 38.3. The molecule has 1 amide bonds. The number of pyridine rings is 2. The molecule has 0 bridgehead atoms. The Morgan fingerprint density at radius 2 is 1.55 bits per heavy atom. The quantitative estimate of drug-likeness (QED) is 0.130. The monoisotopic (exact) mass is 750 g/mol. The maximum Gasteiger partial charge on any atom is 0.312 e. The number of carbonyl (C=O) groups excluding carboxylic acids is 1. The maximum absolute atomic E-state index is 16.6. The van der Waals surface area contributed by atoms with Gasteiger partial charge in [0.05, 0.1) is 19.8 Å². The van der Waals surface area contributed by atoms with E-state index in [9.17, 15) is 10.1 Å². The number of ether oxygens (including phenoxy) is 4. The van der Waals surface area contributed by atoms with Crippen molar-refractivity contribution in [1.82, 2.24) is 15.3 Å². The number of amidine groups is 1. The third kappa shape index (κ3) is 7.39. The van der Waals surface area contributed by atoms with Crippen LogP contribution >= 0.6 is 0 Å². The summed E-state index contributed by atoms with van der Waals surface area (Å²) in [7, 11) is 4.42. The van der Waals surface area contributed by atoms with Crippen molar-refractivity contribution in [3.8, 4) is 17.6 Å². The zero-order valence-electron chi connectivity index (χ0n) is 30.4. The van der Waals surface area contributed by atoms with Gasteiger partial charge in [0, 0.05) is 26.3 Å². The molecule has 0 spiro atoms. The van der Waals surface area contributed by atoms with Gasteiger partial charge in [-0.15, -0.1) is 0 Å². The smallest absolute Gasteiger partial charge is 0.312 e. The molecule has 0 aliphatic carbocycles. The molecule has 55 heavy (non-hydrogen) atoms. The number of hydrogen-bond acceptors (Lipinski definition) is 10. The van der Waals surface area contributed by atoms with Gasteiger partial charge in [-0.25, -0.2) is 19.4 Å². The number of nitrogens with one attached hydrogen (secondary N) is 2. The fourth-order valence-electron chi connectivity index (χ4n) is 6.56. The van der Waals surface area contributed by atoms with Crippen LogP contribution in [0.1, 0.15) is 50.4 Å². The number of nitriles is 1.